The van der Waals surface area contributed by atoms with Gasteiger partial charge in [0.05, 0.1) is 16.7 Å². The Morgan fingerprint density at radius 1 is 1.38 bits per heavy atom. The van der Waals surface area contributed by atoms with Crippen molar-refractivity contribution >= 4 is 11.0 Å². The van der Waals surface area contributed by atoms with Crippen molar-refractivity contribution < 1.29 is 18.3 Å². The SMILES string of the molecule is Cc1nc2c(C(F)(F)F)cc(CN3CC(C)(O)C3)cc2[nH]1. The minimum absolute atomic E-state index is 0.0423. The maximum Gasteiger partial charge on any atom is 0.418 e. The number of alkyl halides is 3. The van der Waals surface area contributed by atoms with Gasteiger partial charge in [0.1, 0.15) is 11.3 Å². The van der Waals surface area contributed by atoms with Gasteiger partial charge in [0.2, 0.25) is 0 Å². The number of fused-ring (bicyclic) bond motifs is 1. The van der Waals surface area contributed by atoms with Crippen LogP contribution in [0.25, 0.3) is 11.0 Å². The number of likely N-dealkylation sites (tertiary alicyclic amines) is 1. The summed E-state index contributed by atoms with van der Waals surface area (Å²) in [6.45, 7) is 4.66. The van der Waals surface area contributed by atoms with E-state index in [-0.39, 0.29) is 5.52 Å². The molecule has 2 aromatic rings. The number of hydrogen-bond acceptors (Lipinski definition) is 3. The van der Waals surface area contributed by atoms with E-state index in [0.29, 0.717) is 36.5 Å². The minimum atomic E-state index is -4.43. The Bertz CT molecular complexity index is 683. The summed E-state index contributed by atoms with van der Waals surface area (Å²) in [5.74, 6) is 0.458. The highest BCUT2D eigenvalue weighted by Gasteiger charge is 2.37. The Kier molecular flexibility index (Phi) is 3.04. The monoisotopic (exact) mass is 299 g/mol. The lowest BCUT2D eigenvalue weighted by Crippen LogP contribution is -2.59. The van der Waals surface area contributed by atoms with E-state index in [1.807, 2.05) is 4.90 Å². The topological polar surface area (TPSA) is 52.1 Å². The molecule has 4 nitrogen and oxygen atoms in total. The number of halogens is 3. The minimum Gasteiger partial charge on any atom is -0.388 e. The molecule has 0 unspecified atom stereocenters. The summed E-state index contributed by atoms with van der Waals surface area (Å²) in [5, 5.41) is 9.68. The van der Waals surface area contributed by atoms with Gasteiger partial charge in [-0.15, -0.1) is 0 Å². The summed E-state index contributed by atoms with van der Waals surface area (Å²) in [4.78, 5) is 8.69. The highest BCUT2D eigenvalue weighted by Crippen LogP contribution is 2.35. The highest BCUT2D eigenvalue weighted by molar-refractivity contribution is 5.80. The molecule has 0 bridgehead atoms. The third-order valence-corrected chi connectivity index (χ3v) is 3.60. The second kappa shape index (κ2) is 4.45. The number of H-pyrrole nitrogens is 1. The molecule has 0 radical (unpaired) electrons. The van der Waals surface area contributed by atoms with Gasteiger partial charge < -0.3 is 10.1 Å². The Morgan fingerprint density at radius 3 is 2.62 bits per heavy atom. The van der Waals surface area contributed by atoms with Crippen LogP contribution in [0.1, 0.15) is 23.9 Å². The maximum atomic E-state index is 13.2. The molecule has 3 rings (SSSR count). The van der Waals surface area contributed by atoms with E-state index in [1.54, 1.807) is 19.9 Å². The van der Waals surface area contributed by atoms with Crippen LogP contribution in [0, 0.1) is 6.92 Å². The number of imidazole rings is 1. The smallest absolute Gasteiger partial charge is 0.388 e. The summed E-state index contributed by atoms with van der Waals surface area (Å²) in [6, 6.07) is 2.84. The van der Waals surface area contributed by atoms with Crippen LogP contribution in [-0.2, 0) is 12.7 Å². The van der Waals surface area contributed by atoms with E-state index >= 15 is 0 Å². The quantitative estimate of drug-likeness (QED) is 0.895. The van der Waals surface area contributed by atoms with Crippen molar-refractivity contribution in [2.24, 2.45) is 0 Å². The zero-order valence-corrected chi connectivity index (χ0v) is 11.8. The second-order valence-corrected chi connectivity index (χ2v) is 6.00. The molecule has 1 aliphatic rings. The molecule has 1 aromatic heterocycles. The van der Waals surface area contributed by atoms with Crippen molar-refractivity contribution in [3.8, 4) is 0 Å². The van der Waals surface area contributed by atoms with Crippen LogP contribution in [0.3, 0.4) is 0 Å². The lowest BCUT2D eigenvalue weighted by Gasteiger charge is -2.44. The molecule has 21 heavy (non-hydrogen) atoms. The Morgan fingerprint density at radius 2 is 2.05 bits per heavy atom. The fourth-order valence-electron chi connectivity index (χ4n) is 2.90. The van der Waals surface area contributed by atoms with Crippen LogP contribution in [-0.4, -0.2) is 38.7 Å². The number of hydrogen-bond donors (Lipinski definition) is 2. The van der Waals surface area contributed by atoms with E-state index in [0.717, 1.165) is 6.07 Å². The van der Waals surface area contributed by atoms with E-state index in [9.17, 15) is 18.3 Å². The molecule has 0 atom stereocenters. The first-order valence-electron chi connectivity index (χ1n) is 6.65. The normalized spacial score (nSPS) is 19.0. The molecule has 7 heteroatoms. The lowest BCUT2D eigenvalue weighted by molar-refractivity contribution is -0.136. The Hall–Kier alpha value is -1.60. The van der Waals surface area contributed by atoms with Gasteiger partial charge in [-0.05, 0) is 31.5 Å². The number of benzene rings is 1. The van der Waals surface area contributed by atoms with Gasteiger partial charge in [0, 0.05) is 19.6 Å². The number of nitrogens with one attached hydrogen (secondary N) is 1. The fraction of sp³-hybridized carbons (Fsp3) is 0.500. The molecule has 0 saturated carbocycles. The average Bonchev–Trinajstić information content (AvgIpc) is 2.64. The number of aromatic nitrogens is 2. The zero-order chi connectivity index (χ0) is 15.4. The third-order valence-electron chi connectivity index (χ3n) is 3.60. The van der Waals surface area contributed by atoms with Crippen molar-refractivity contribution in [3.63, 3.8) is 0 Å². The van der Waals surface area contributed by atoms with Gasteiger partial charge in [-0.3, -0.25) is 4.90 Å². The molecule has 1 aromatic carbocycles. The van der Waals surface area contributed by atoms with Gasteiger partial charge in [0.15, 0.2) is 0 Å². The van der Waals surface area contributed by atoms with Crippen molar-refractivity contribution in [1.82, 2.24) is 14.9 Å². The molecule has 2 heterocycles. The van der Waals surface area contributed by atoms with Crippen LogP contribution in [0.4, 0.5) is 13.2 Å². The number of β-amino-alcohol motifs (C(OH)–C–C–N with tert-alkyl or cyclic N) is 1. The number of nitrogens with zero attached hydrogens (tertiary/aromatic N) is 2. The first-order chi connectivity index (χ1) is 9.64. The maximum absolute atomic E-state index is 13.2. The first-order valence-corrected chi connectivity index (χ1v) is 6.65. The van der Waals surface area contributed by atoms with Crippen molar-refractivity contribution in [2.75, 3.05) is 13.1 Å². The molecule has 1 aliphatic heterocycles. The van der Waals surface area contributed by atoms with Gasteiger partial charge in [-0.2, -0.15) is 13.2 Å². The van der Waals surface area contributed by atoms with Crippen LogP contribution in [0.2, 0.25) is 0 Å². The zero-order valence-electron chi connectivity index (χ0n) is 11.8. The lowest BCUT2D eigenvalue weighted by atomic mass is 9.96. The molecule has 1 fully saturated rings. The van der Waals surface area contributed by atoms with Crippen molar-refractivity contribution in [3.05, 3.63) is 29.1 Å². The Balaban J connectivity index is 1.96. The molecule has 114 valence electrons. The van der Waals surface area contributed by atoms with Crippen LogP contribution in [0.5, 0.6) is 0 Å². The average molecular weight is 299 g/mol. The van der Waals surface area contributed by atoms with Crippen molar-refractivity contribution in [1.29, 1.82) is 0 Å². The predicted molar refractivity (Wildman–Crippen MR) is 71.7 cm³/mol. The predicted octanol–water partition coefficient (Wildman–Crippen LogP) is 2.46. The molecular weight excluding hydrogens is 283 g/mol. The molecule has 0 aliphatic carbocycles. The summed E-state index contributed by atoms with van der Waals surface area (Å²) in [5.41, 5.74) is -0.536. The molecular formula is C14H16F3N3O. The molecule has 0 spiro atoms. The summed E-state index contributed by atoms with van der Waals surface area (Å²) in [6.07, 6.45) is -4.43. The largest absolute Gasteiger partial charge is 0.418 e. The number of aromatic amines is 1. The van der Waals surface area contributed by atoms with Crippen LogP contribution >= 0.6 is 0 Å². The number of aryl methyl sites for hydroxylation is 1. The van der Waals surface area contributed by atoms with E-state index < -0.39 is 17.3 Å². The van der Waals surface area contributed by atoms with Crippen LogP contribution < -0.4 is 0 Å². The van der Waals surface area contributed by atoms with Gasteiger partial charge in [-0.25, -0.2) is 4.98 Å². The fourth-order valence-corrected chi connectivity index (χ4v) is 2.90. The van der Waals surface area contributed by atoms with E-state index in [1.165, 1.54) is 0 Å². The summed E-state index contributed by atoms with van der Waals surface area (Å²) in [7, 11) is 0. The van der Waals surface area contributed by atoms with Gasteiger partial charge in [0.25, 0.3) is 0 Å². The highest BCUT2D eigenvalue weighted by atomic mass is 19.4. The third kappa shape index (κ3) is 2.75. The second-order valence-electron chi connectivity index (χ2n) is 6.00. The standard InChI is InChI=1S/C14H16F3N3O/c1-8-18-11-4-9(5-20-6-13(2,21)7-20)3-10(12(11)19-8)14(15,16)17/h3-4,21H,5-7H2,1-2H3,(H,18,19). The van der Waals surface area contributed by atoms with Gasteiger partial charge >= 0.3 is 6.18 Å². The first kappa shape index (κ1) is 14.3. The molecule has 0 amide bonds. The molecule has 2 N–H and O–H groups in total. The van der Waals surface area contributed by atoms with E-state index in [4.69, 9.17) is 0 Å². The van der Waals surface area contributed by atoms with E-state index in [2.05, 4.69) is 9.97 Å². The molecule has 1 saturated heterocycles. The number of rotatable bonds is 2. The van der Waals surface area contributed by atoms with Crippen LogP contribution in [0.15, 0.2) is 12.1 Å². The number of aliphatic hydroxyl groups is 1. The van der Waals surface area contributed by atoms with Crippen molar-refractivity contribution in [2.45, 2.75) is 32.2 Å². The van der Waals surface area contributed by atoms with Gasteiger partial charge in [-0.1, -0.05) is 0 Å². The Labute approximate surface area is 119 Å². The summed E-state index contributed by atoms with van der Waals surface area (Å²) < 4.78 is 39.5. The summed E-state index contributed by atoms with van der Waals surface area (Å²) >= 11 is 0.